The summed E-state index contributed by atoms with van der Waals surface area (Å²) in [4.78, 5) is 28.5. The molecule has 0 saturated carbocycles. The Kier molecular flexibility index (Phi) is 8.48. The first-order valence-electron chi connectivity index (χ1n) is 11.5. The molecule has 3 rings (SSSR count). The molecule has 1 N–H and O–H groups in total. The van der Waals surface area contributed by atoms with Crippen LogP contribution in [0.4, 0.5) is 24.5 Å². The van der Waals surface area contributed by atoms with Crippen LogP contribution in [0.25, 0.3) is 0 Å². The number of ether oxygens (including phenoxy) is 2. The molecule has 2 aromatic carbocycles. The lowest BCUT2D eigenvalue weighted by Gasteiger charge is -2.26. The van der Waals surface area contributed by atoms with E-state index < -0.39 is 17.6 Å². The van der Waals surface area contributed by atoms with Crippen LogP contribution in [-0.2, 0) is 11.0 Å². The zero-order chi connectivity index (χ0) is 25.6. The summed E-state index contributed by atoms with van der Waals surface area (Å²) in [6.45, 7) is 3.26. The molecule has 0 spiro atoms. The van der Waals surface area contributed by atoms with Gasteiger partial charge in [-0.2, -0.15) is 13.2 Å². The largest absolute Gasteiger partial charge is 0.490 e. The second kappa shape index (κ2) is 11.3. The Morgan fingerprint density at radius 2 is 1.71 bits per heavy atom. The van der Waals surface area contributed by atoms with E-state index in [1.165, 1.54) is 30.3 Å². The number of anilines is 2. The first kappa shape index (κ1) is 26.2. The third-order valence-electron chi connectivity index (χ3n) is 5.64. The topological polar surface area (TPSA) is 71.1 Å². The molecule has 1 aliphatic rings. The summed E-state index contributed by atoms with van der Waals surface area (Å²) >= 11 is 0. The SMILES string of the molecule is CCOc1cc(C(=O)Nc2ccc(N(C)C)cc2C(F)(F)F)ccc1OCC(=O)N1CCCCC1. The van der Waals surface area contributed by atoms with E-state index in [4.69, 9.17) is 9.47 Å². The summed E-state index contributed by atoms with van der Waals surface area (Å²) in [7, 11) is 3.26. The zero-order valence-electron chi connectivity index (χ0n) is 20.1. The fraction of sp³-hybridized carbons (Fsp3) is 0.440. The molecule has 1 aliphatic heterocycles. The van der Waals surface area contributed by atoms with Gasteiger partial charge in [-0.3, -0.25) is 9.59 Å². The molecule has 190 valence electrons. The number of rotatable bonds is 8. The first-order valence-corrected chi connectivity index (χ1v) is 11.5. The van der Waals surface area contributed by atoms with Gasteiger partial charge in [0.2, 0.25) is 0 Å². The molecule has 0 radical (unpaired) electrons. The van der Waals surface area contributed by atoms with Crippen molar-refractivity contribution in [3.8, 4) is 11.5 Å². The molecule has 1 heterocycles. The monoisotopic (exact) mass is 493 g/mol. The molecule has 0 aromatic heterocycles. The molecule has 10 heteroatoms. The van der Waals surface area contributed by atoms with E-state index in [1.54, 1.807) is 30.8 Å². The molecular formula is C25H30F3N3O4. The van der Waals surface area contributed by atoms with Gasteiger partial charge in [-0.25, -0.2) is 0 Å². The normalized spacial score (nSPS) is 13.8. The summed E-state index contributed by atoms with van der Waals surface area (Å²) in [5.74, 6) is -0.356. The molecule has 35 heavy (non-hydrogen) atoms. The summed E-state index contributed by atoms with van der Waals surface area (Å²) < 4.78 is 52.0. The van der Waals surface area contributed by atoms with Crippen LogP contribution in [0.2, 0.25) is 0 Å². The van der Waals surface area contributed by atoms with E-state index >= 15 is 0 Å². The van der Waals surface area contributed by atoms with Crippen molar-refractivity contribution in [2.24, 2.45) is 0 Å². The molecule has 1 fully saturated rings. The molecule has 7 nitrogen and oxygen atoms in total. The van der Waals surface area contributed by atoms with Gasteiger partial charge in [-0.05, 0) is 62.6 Å². The van der Waals surface area contributed by atoms with Gasteiger partial charge in [0, 0.05) is 38.4 Å². The smallest absolute Gasteiger partial charge is 0.418 e. The van der Waals surface area contributed by atoms with Crippen LogP contribution in [0.5, 0.6) is 11.5 Å². The van der Waals surface area contributed by atoms with Crippen molar-refractivity contribution >= 4 is 23.2 Å². The van der Waals surface area contributed by atoms with Crippen LogP contribution < -0.4 is 19.7 Å². The average molecular weight is 494 g/mol. The third-order valence-corrected chi connectivity index (χ3v) is 5.64. The number of halogens is 3. The van der Waals surface area contributed by atoms with Crippen molar-refractivity contribution in [3.63, 3.8) is 0 Å². The maximum atomic E-state index is 13.6. The molecular weight excluding hydrogens is 463 g/mol. The van der Waals surface area contributed by atoms with Crippen LogP contribution in [0.1, 0.15) is 42.1 Å². The van der Waals surface area contributed by atoms with Crippen LogP contribution >= 0.6 is 0 Å². The molecule has 1 saturated heterocycles. The summed E-state index contributed by atoms with van der Waals surface area (Å²) in [5.41, 5.74) is -0.848. The zero-order valence-corrected chi connectivity index (χ0v) is 20.1. The van der Waals surface area contributed by atoms with Gasteiger partial charge in [0.05, 0.1) is 17.9 Å². The minimum absolute atomic E-state index is 0.0907. The highest BCUT2D eigenvalue weighted by Gasteiger charge is 2.34. The van der Waals surface area contributed by atoms with Crippen LogP contribution in [0.15, 0.2) is 36.4 Å². The van der Waals surface area contributed by atoms with Gasteiger partial charge < -0.3 is 24.6 Å². The van der Waals surface area contributed by atoms with Crippen molar-refractivity contribution in [2.75, 3.05) is 50.6 Å². The van der Waals surface area contributed by atoms with Gasteiger partial charge in [0.25, 0.3) is 11.8 Å². The predicted molar refractivity (Wildman–Crippen MR) is 127 cm³/mol. The van der Waals surface area contributed by atoms with Crippen LogP contribution in [0.3, 0.4) is 0 Å². The predicted octanol–water partition coefficient (Wildman–Crippen LogP) is 4.81. The number of likely N-dealkylation sites (tertiary alicyclic amines) is 1. The maximum absolute atomic E-state index is 13.6. The Morgan fingerprint density at radius 3 is 2.34 bits per heavy atom. The number of benzene rings is 2. The van der Waals surface area contributed by atoms with Gasteiger partial charge in [-0.1, -0.05) is 0 Å². The Morgan fingerprint density at radius 1 is 1.00 bits per heavy atom. The number of carbonyl (C=O) groups is 2. The highest BCUT2D eigenvalue weighted by atomic mass is 19.4. The number of amides is 2. The lowest BCUT2D eigenvalue weighted by atomic mass is 10.1. The van der Waals surface area contributed by atoms with Crippen molar-refractivity contribution in [1.29, 1.82) is 0 Å². The van der Waals surface area contributed by atoms with Crippen molar-refractivity contribution in [2.45, 2.75) is 32.4 Å². The summed E-state index contributed by atoms with van der Waals surface area (Å²) in [6.07, 6.45) is -1.61. The average Bonchev–Trinajstić information content (AvgIpc) is 2.83. The third kappa shape index (κ3) is 6.80. The summed E-state index contributed by atoms with van der Waals surface area (Å²) in [6, 6.07) is 7.98. The number of carbonyl (C=O) groups excluding carboxylic acids is 2. The Bertz CT molecular complexity index is 1050. The molecule has 0 bridgehead atoms. The number of hydrogen-bond donors (Lipinski definition) is 1. The second-order valence-electron chi connectivity index (χ2n) is 8.40. The minimum Gasteiger partial charge on any atom is -0.490 e. The number of nitrogens with zero attached hydrogens (tertiary/aromatic N) is 2. The second-order valence-corrected chi connectivity index (χ2v) is 8.40. The first-order chi connectivity index (χ1) is 16.6. The van der Waals surface area contributed by atoms with Gasteiger partial charge in [-0.15, -0.1) is 0 Å². The highest BCUT2D eigenvalue weighted by molar-refractivity contribution is 6.05. The molecule has 0 unspecified atom stereocenters. The quantitative estimate of drug-likeness (QED) is 0.571. The van der Waals surface area contributed by atoms with Crippen LogP contribution in [0, 0.1) is 0 Å². The van der Waals surface area contributed by atoms with Gasteiger partial charge >= 0.3 is 6.18 Å². The lowest BCUT2D eigenvalue weighted by molar-refractivity contribution is -0.137. The maximum Gasteiger partial charge on any atom is 0.418 e. The molecule has 0 atom stereocenters. The van der Waals surface area contributed by atoms with E-state index in [9.17, 15) is 22.8 Å². The van der Waals surface area contributed by atoms with Gasteiger partial charge in [0.1, 0.15) is 0 Å². The van der Waals surface area contributed by atoms with E-state index in [2.05, 4.69) is 5.32 Å². The highest BCUT2D eigenvalue weighted by Crippen LogP contribution is 2.37. The Balaban J connectivity index is 1.77. The van der Waals surface area contributed by atoms with E-state index in [1.807, 2.05) is 0 Å². The van der Waals surface area contributed by atoms with Crippen molar-refractivity contribution < 1.29 is 32.2 Å². The number of nitrogens with one attached hydrogen (secondary N) is 1. The lowest BCUT2D eigenvalue weighted by Crippen LogP contribution is -2.38. The molecule has 2 aromatic rings. The van der Waals surface area contributed by atoms with Crippen LogP contribution in [-0.4, -0.2) is 57.1 Å². The fourth-order valence-electron chi connectivity index (χ4n) is 3.76. The van der Waals surface area contributed by atoms with E-state index in [-0.39, 0.29) is 41.9 Å². The Hall–Kier alpha value is -3.43. The minimum atomic E-state index is -4.65. The van der Waals surface area contributed by atoms with Gasteiger partial charge in [0.15, 0.2) is 18.1 Å². The molecule has 2 amide bonds. The van der Waals surface area contributed by atoms with E-state index in [0.29, 0.717) is 18.8 Å². The van der Waals surface area contributed by atoms with E-state index in [0.717, 1.165) is 25.3 Å². The molecule has 0 aliphatic carbocycles. The fourth-order valence-corrected chi connectivity index (χ4v) is 3.76. The Labute approximate surface area is 202 Å². The van der Waals surface area contributed by atoms with Crippen molar-refractivity contribution in [1.82, 2.24) is 4.90 Å². The number of alkyl halides is 3. The van der Waals surface area contributed by atoms with Crippen molar-refractivity contribution in [3.05, 3.63) is 47.5 Å². The number of piperidine rings is 1. The summed E-state index contributed by atoms with van der Waals surface area (Å²) in [5, 5.41) is 2.35. The standard InChI is InChI=1S/C25H30F3N3O4/c1-4-34-22-14-17(8-11-21(22)35-16-23(32)31-12-6-5-7-13-31)24(33)29-20-10-9-18(30(2)3)15-19(20)25(26,27)28/h8-11,14-15H,4-7,12-13,16H2,1-3H3,(H,29,33). The number of hydrogen-bond acceptors (Lipinski definition) is 5.